The van der Waals surface area contributed by atoms with Gasteiger partial charge in [0.15, 0.2) is 0 Å². The number of aliphatic hydroxyl groups excluding tert-OH is 1. The van der Waals surface area contributed by atoms with Gasteiger partial charge >= 0.3 is 0 Å². The summed E-state index contributed by atoms with van der Waals surface area (Å²) in [4.78, 5) is 0. The highest BCUT2D eigenvalue weighted by atomic mass is 16.3. The van der Waals surface area contributed by atoms with Crippen molar-refractivity contribution in [3.05, 3.63) is 11.3 Å². The third-order valence-electron chi connectivity index (χ3n) is 1.98. The molecule has 0 aliphatic heterocycles. The largest absolute Gasteiger partial charge is 0.512 e. The molecule has 0 radical (unpaired) electrons. The van der Waals surface area contributed by atoms with Crippen molar-refractivity contribution in [1.29, 1.82) is 0 Å². The third kappa shape index (κ3) is 1.47. The first-order chi connectivity index (χ1) is 4.34. The lowest BCUT2D eigenvalue weighted by molar-refractivity contribution is 0.356. The van der Waals surface area contributed by atoms with Crippen molar-refractivity contribution in [2.24, 2.45) is 0 Å². The van der Waals surface area contributed by atoms with E-state index < -0.39 is 0 Å². The van der Waals surface area contributed by atoms with Crippen LogP contribution in [0.4, 0.5) is 0 Å². The molecule has 9 heavy (non-hydrogen) atoms. The predicted octanol–water partition coefficient (Wildman–Crippen LogP) is 2.78. The normalized spacial score (nSPS) is 20.6. The molecule has 1 aliphatic rings. The van der Waals surface area contributed by atoms with Crippen LogP contribution in [-0.2, 0) is 0 Å². The average Bonchev–Trinajstić information content (AvgIpc) is 1.89. The Balaban J connectivity index is 2.59. The molecule has 0 saturated heterocycles. The number of aliphatic hydroxyl groups is 1. The highest BCUT2D eigenvalue weighted by Gasteiger charge is 2.08. The molecule has 1 aliphatic carbocycles. The SMILES string of the molecule is CCC1=C(O)CCCC1. The number of allylic oxidation sites excluding steroid dienone is 2. The molecule has 0 bridgehead atoms. The Bertz CT molecular complexity index is 125. The van der Waals surface area contributed by atoms with Crippen LogP contribution < -0.4 is 0 Å². The fourth-order valence-electron chi connectivity index (χ4n) is 1.33. The van der Waals surface area contributed by atoms with Crippen LogP contribution in [0.5, 0.6) is 0 Å². The van der Waals surface area contributed by atoms with Crippen LogP contribution in [0.1, 0.15) is 39.0 Å². The van der Waals surface area contributed by atoms with Crippen molar-refractivity contribution in [3.63, 3.8) is 0 Å². The zero-order chi connectivity index (χ0) is 6.69. The first-order valence-electron chi connectivity index (χ1n) is 3.74. The zero-order valence-corrected chi connectivity index (χ0v) is 5.98. The Hall–Kier alpha value is -0.460. The van der Waals surface area contributed by atoms with Gasteiger partial charge in [0.25, 0.3) is 0 Å². The summed E-state index contributed by atoms with van der Waals surface area (Å²) in [7, 11) is 0. The summed E-state index contributed by atoms with van der Waals surface area (Å²) < 4.78 is 0. The van der Waals surface area contributed by atoms with E-state index in [-0.39, 0.29) is 0 Å². The second-order valence-corrected chi connectivity index (χ2v) is 2.61. The Morgan fingerprint density at radius 3 is 2.44 bits per heavy atom. The van der Waals surface area contributed by atoms with E-state index in [9.17, 15) is 5.11 Å². The summed E-state index contributed by atoms with van der Waals surface area (Å²) in [5, 5.41) is 9.25. The molecule has 0 heterocycles. The molecule has 0 spiro atoms. The van der Waals surface area contributed by atoms with Crippen LogP contribution in [0.3, 0.4) is 0 Å². The molecule has 0 atom stereocenters. The lowest BCUT2D eigenvalue weighted by atomic mass is 9.96. The highest BCUT2D eigenvalue weighted by molar-refractivity contribution is 5.09. The topological polar surface area (TPSA) is 20.2 Å². The van der Waals surface area contributed by atoms with Gasteiger partial charge in [0, 0.05) is 6.42 Å². The van der Waals surface area contributed by atoms with E-state index in [0.29, 0.717) is 5.76 Å². The fourth-order valence-corrected chi connectivity index (χ4v) is 1.33. The van der Waals surface area contributed by atoms with E-state index in [1.165, 1.54) is 18.4 Å². The minimum Gasteiger partial charge on any atom is -0.512 e. The molecular weight excluding hydrogens is 112 g/mol. The molecule has 0 aromatic rings. The molecule has 0 saturated carbocycles. The van der Waals surface area contributed by atoms with Gasteiger partial charge in [-0.05, 0) is 31.3 Å². The Kier molecular flexibility index (Phi) is 2.15. The predicted molar refractivity (Wildman–Crippen MR) is 38.4 cm³/mol. The molecule has 52 valence electrons. The van der Waals surface area contributed by atoms with Crippen molar-refractivity contribution in [3.8, 4) is 0 Å². The molecule has 0 aromatic heterocycles. The minimum absolute atomic E-state index is 0.670. The summed E-state index contributed by atoms with van der Waals surface area (Å²) in [5.41, 5.74) is 1.28. The summed E-state index contributed by atoms with van der Waals surface area (Å²) in [5.74, 6) is 0.670. The Labute approximate surface area is 56.4 Å². The van der Waals surface area contributed by atoms with Gasteiger partial charge in [-0.25, -0.2) is 0 Å². The fraction of sp³-hybridized carbons (Fsp3) is 0.750. The van der Waals surface area contributed by atoms with Crippen LogP contribution in [-0.4, -0.2) is 5.11 Å². The van der Waals surface area contributed by atoms with E-state index >= 15 is 0 Å². The number of rotatable bonds is 1. The molecule has 1 heteroatoms. The molecule has 0 aromatic carbocycles. The van der Waals surface area contributed by atoms with Crippen molar-refractivity contribution < 1.29 is 5.11 Å². The quantitative estimate of drug-likeness (QED) is 0.572. The molecule has 1 nitrogen and oxygen atoms in total. The van der Waals surface area contributed by atoms with Gasteiger partial charge in [0.1, 0.15) is 0 Å². The van der Waals surface area contributed by atoms with E-state index in [0.717, 1.165) is 19.3 Å². The lowest BCUT2D eigenvalue weighted by Crippen LogP contribution is -1.97. The van der Waals surface area contributed by atoms with Crippen molar-refractivity contribution >= 4 is 0 Å². The highest BCUT2D eigenvalue weighted by Crippen LogP contribution is 2.24. The number of hydrogen-bond donors (Lipinski definition) is 1. The minimum atomic E-state index is 0.670. The standard InChI is InChI=1S/C8H14O/c1-2-7-5-3-4-6-8(7)9/h9H,2-6H2,1H3. The first-order valence-corrected chi connectivity index (χ1v) is 3.74. The van der Waals surface area contributed by atoms with Gasteiger partial charge in [-0.1, -0.05) is 6.92 Å². The Morgan fingerprint density at radius 1 is 1.33 bits per heavy atom. The van der Waals surface area contributed by atoms with Crippen LogP contribution in [0.25, 0.3) is 0 Å². The van der Waals surface area contributed by atoms with Crippen molar-refractivity contribution in [2.75, 3.05) is 0 Å². The van der Waals surface area contributed by atoms with E-state index in [4.69, 9.17) is 0 Å². The molecule has 0 unspecified atom stereocenters. The maximum Gasteiger partial charge on any atom is 0.0914 e. The molecule has 1 N–H and O–H groups in total. The van der Waals surface area contributed by atoms with Crippen LogP contribution >= 0.6 is 0 Å². The summed E-state index contributed by atoms with van der Waals surface area (Å²) in [6.45, 7) is 2.11. The van der Waals surface area contributed by atoms with Crippen molar-refractivity contribution in [1.82, 2.24) is 0 Å². The third-order valence-corrected chi connectivity index (χ3v) is 1.98. The van der Waals surface area contributed by atoms with E-state index in [2.05, 4.69) is 6.92 Å². The van der Waals surface area contributed by atoms with Crippen LogP contribution in [0.15, 0.2) is 11.3 Å². The molecule has 0 amide bonds. The summed E-state index contributed by atoms with van der Waals surface area (Å²) in [6, 6.07) is 0. The van der Waals surface area contributed by atoms with Crippen LogP contribution in [0.2, 0.25) is 0 Å². The average molecular weight is 126 g/mol. The maximum atomic E-state index is 9.25. The van der Waals surface area contributed by atoms with Gasteiger partial charge in [-0.3, -0.25) is 0 Å². The number of hydrogen-bond acceptors (Lipinski definition) is 1. The van der Waals surface area contributed by atoms with Gasteiger partial charge in [-0.15, -0.1) is 0 Å². The second kappa shape index (κ2) is 2.90. The zero-order valence-electron chi connectivity index (χ0n) is 5.98. The molecule has 1 rings (SSSR count). The molecule has 0 fully saturated rings. The summed E-state index contributed by atoms with van der Waals surface area (Å²) >= 11 is 0. The Morgan fingerprint density at radius 2 is 2.00 bits per heavy atom. The van der Waals surface area contributed by atoms with Gasteiger partial charge in [0.2, 0.25) is 0 Å². The maximum absolute atomic E-state index is 9.25. The van der Waals surface area contributed by atoms with Gasteiger partial charge < -0.3 is 5.11 Å². The van der Waals surface area contributed by atoms with E-state index in [1.54, 1.807) is 0 Å². The van der Waals surface area contributed by atoms with Gasteiger partial charge in [0.05, 0.1) is 5.76 Å². The smallest absolute Gasteiger partial charge is 0.0914 e. The lowest BCUT2D eigenvalue weighted by Gasteiger charge is -2.13. The second-order valence-electron chi connectivity index (χ2n) is 2.61. The van der Waals surface area contributed by atoms with Gasteiger partial charge in [-0.2, -0.15) is 0 Å². The summed E-state index contributed by atoms with van der Waals surface area (Å²) in [6.07, 6.45) is 5.53. The monoisotopic (exact) mass is 126 g/mol. The first kappa shape index (κ1) is 6.66. The van der Waals surface area contributed by atoms with Crippen LogP contribution in [0, 0.1) is 0 Å². The van der Waals surface area contributed by atoms with Crippen molar-refractivity contribution in [2.45, 2.75) is 39.0 Å². The molecular formula is C8H14O. The van der Waals surface area contributed by atoms with E-state index in [1.807, 2.05) is 0 Å².